The second kappa shape index (κ2) is 6.52. The minimum absolute atomic E-state index is 0.0604. The maximum absolute atomic E-state index is 11.8. The van der Waals surface area contributed by atoms with Gasteiger partial charge in [0.2, 0.25) is 11.8 Å². The van der Waals surface area contributed by atoms with Crippen LogP contribution in [0.15, 0.2) is 24.3 Å². The molecule has 1 unspecified atom stereocenters. The van der Waals surface area contributed by atoms with E-state index in [1.807, 2.05) is 19.1 Å². The minimum atomic E-state index is -0.0615. The van der Waals surface area contributed by atoms with Gasteiger partial charge in [-0.05, 0) is 43.5 Å². The van der Waals surface area contributed by atoms with Crippen LogP contribution in [0.3, 0.4) is 0 Å². The van der Waals surface area contributed by atoms with Crippen LogP contribution >= 0.6 is 0 Å². The number of carbonyl (C=O) groups is 2. The smallest absolute Gasteiger partial charge is 0.227 e. The highest BCUT2D eigenvalue weighted by atomic mass is 16.2. The van der Waals surface area contributed by atoms with Crippen molar-refractivity contribution < 1.29 is 9.59 Å². The molecule has 0 radical (unpaired) electrons. The van der Waals surface area contributed by atoms with Crippen LogP contribution in [-0.2, 0) is 9.59 Å². The summed E-state index contributed by atoms with van der Waals surface area (Å²) >= 11 is 0. The van der Waals surface area contributed by atoms with Crippen LogP contribution in [-0.4, -0.2) is 18.4 Å². The predicted octanol–water partition coefficient (Wildman–Crippen LogP) is 1.96. The van der Waals surface area contributed by atoms with Crippen molar-refractivity contribution in [1.82, 2.24) is 0 Å². The average Bonchev–Trinajstić information content (AvgIpc) is 3.23. The van der Waals surface area contributed by atoms with E-state index in [0.717, 1.165) is 12.8 Å². The van der Waals surface area contributed by atoms with Gasteiger partial charge < -0.3 is 16.4 Å². The van der Waals surface area contributed by atoms with Crippen molar-refractivity contribution in [3.05, 3.63) is 24.3 Å². The summed E-state index contributed by atoms with van der Waals surface area (Å²) in [7, 11) is 0. The molecular formula is C15H21N3O2. The van der Waals surface area contributed by atoms with Gasteiger partial charge in [-0.15, -0.1) is 0 Å². The van der Waals surface area contributed by atoms with E-state index in [4.69, 9.17) is 5.73 Å². The molecule has 0 bridgehead atoms. The third-order valence-electron chi connectivity index (χ3n) is 3.30. The summed E-state index contributed by atoms with van der Waals surface area (Å²) in [5.74, 6) is 0.324. The number of anilines is 2. The number of nitrogens with two attached hydrogens (primary N) is 1. The molecule has 2 amide bonds. The maximum Gasteiger partial charge on any atom is 0.227 e. The van der Waals surface area contributed by atoms with E-state index in [2.05, 4.69) is 10.6 Å². The highest BCUT2D eigenvalue weighted by molar-refractivity contribution is 5.95. The molecule has 0 spiro atoms. The van der Waals surface area contributed by atoms with Gasteiger partial charge >= 0.3 is 0 Å². The average molecular weight is 275 g/mol. The molecule has 5 nitrogen and oxygen atoms in total. The Morgan fingerprint density at radius 2 is 1.95 bits per heavy atom. The van der Waals surface area contributed by atoms with Crippen LogP contribution in [0.5, 0.6) is 0 Å². The summed E-state index contributed by atoms with van der Waals surface area (Å²) in [6.45, 7) is 2.43. The van der Waals surface area contributed by atoms with Gasteiger partial charge in [0.25, 0.3) is 0 Å². The van der Waals surface area contributed by atoms with Gasteiger partial charge in [-0.2, -0.15) is 0 Å². The second-order valence-corrected chi connectivity index (χ2v) is 5.44. The van der Waals surface area contributed by atoms with Crippen molar-refractivity contribution in [2.75, 3.05) is 17.2 Å². The van der Waals surface area contributed by atoms with Crippen molar-refractivity contribution in [2.45, 2.75) is 26.2 Å². The van der Waals surface area contributed by atoms with Gasteiger partial charge in [0.05, 0.1) is 0 Å². The molecule has 5 heteroatoms. The first kappa shape index (κ1) is 14.5. The Morgan fingerprint density at radius 3 is 2.55 bits per heavy atom. The van der Waals surface area contributed by atoms with Crippen LogP contribution in [0.4, 0.5) is 11.4 Å². The van der Waals surface area contributed by atoms with Gasteiger partial charge in [-0.1, -0.05) is 13.0 Å². The zero-order chi connectivity index (χ0) is 14.5. The Bertz CT molecular complexity index is 498. The zero-order valence-electron chi connectivity index (χ0n) is 11.7. The SMILES string of the molecule is CC(CN)CC(=O)Nc1cccc(NC(=O)C2CC2)c1. The fourth-order valence-corrected chi connectivity index (χ4v) is 1.88. The van der Waals surface area contributed by atoms with Crippen LogP contribution in [0.25, 0.3) is 0 Å². The number of hydrogen-bond donors (Lipinski definition) is 3. The second-order valence-electron chi connectivity index (χ2n) is 5.44. The molecule has 1 aliphatic carbocycles. The largest absolute Gasteiger partial charge is 0.330 e. The quantitative estimate of drug-likeness (QED) is 0.742. The van der Waals surface area contributed by atoms with Gasteiger partial charge in [0.1, 0.15) is 0 Å². The van der Waals surface area contributed by atoms with Gasteiger partial charge in [0.15, 0.2) is 0 Å². The van der Waals surface area contributed by atoms with Crippen molar-refractivity contribution >= 4 is 23.2 Å². The lowest BCUT2D eigenvalue weighted by Crippen LogP contribution is -2.20. The van der Waals surface area contributed by atoms with E-state index in [9.17, 15) is 9.59 Å². The summed E-state index contributed by atoms with van der Waals surface area (Å²) in [5, 5.41) is 5.68. The summed E-state index contributed by atoms with van der Waals surface area (Å²) in [6, 6.07) is 7.20. The van der Waals surface area contributed by atoms with Crippen molar-refractivity contribution in [2.24, 2.45) is 17.6 Å². The summed E-state index contributed by atoms with van der Waals surface area (Å²) < 4.78 is 0. The molecule has 1 aromatic rings. The Labute approximate surface area is 118 Å². The van der Waals surface area contributed by atoms with Crippen molar-refractivity contribution in [3.63, 3.8) is 0 Å². The Morgan fingerprint density at radius 1 is 1.30 bits per heavy atom. The molecular weight excluding hydrogens is 254 g/mol. The molecule has 1 aromatic carbocycles. The molecule has 0 saturated heterocycles. The monoisotopic (exact) mass is 275 g/mol. The van der Waals surface area contributed by atoms with Crippen LogP contribution < -0.4 is 16.4 Å². The number of benzene rings is 1. The normalized spacial score (nSPS) is 15.5. The standard InChI is InChI=1S/C15H21N3O2/c1-10(9-16)7-14(19)17-12-3-2-4-13(8-12)18-15(20)11-5-6-11/h2-4,8,10-11H,5-7,9,16H2,1H3,(H,17,19)(H,18,20). The van der Waals surface area contributed by atoms with E-state index in [0.29, 0.717) is 24.3 Å². The summed E-state index contributed by atoms with van der Waals surface area (Å²) in [5.41, 5.74) is 6.90. The van der Waals surface area contributed by atoms with E-state index >= 15 is 0 Å². The molecule has 1 aliphatic rings. The Balaban J connectivity index is 1.91. The Kier molecular flexibility index (Phi) is 4.74. The number of hydrogen-bond acceptors (Lipinski definition) is 3. The number of amides is 2. The first-order valence-electron chi connectivity index (χ1n) is 6.99. The molecule has 0 heterocycles. The van der Waals surface area contributed by atoms with E-state index in [-0.39, 0.29) is 23.7 Å². The van der Waals surface area contributed by atoms with E-state index in [1.165, 1.54) is 0 Å². The number of carbonyl (C=O) groups excluding carboxylic acids is 2. The first-order chi connectivity index (χ1) is 9.58. The third kappa shape index (κ3) is 4.35. The first-order valence-corrected chi connectivity index (χ1v) is 6.99. The van der Waals surface area contributed by atoms with Crippen LogP contribution in [0, 0.1) is 11.8 Å². The molecule has 0 aromatic heterocycles. The van der Waals surface area contributed by atoms with Crippen molar-refractivity contribution in [3.8, 4) is 0 Å². The molecule has 108 valence electrons. The summed E-state index contributed by atoms with van der Waals surface area (Å²) in [6.07, 6.45) is 2.34. The zero-order valence-corrected chi connectivity index (χ0v) is 11.7. The fourth-order valence-electron chi connectivity index (χ4n) is 1.88. The lowest BCUT2D eigenvalue weighted by atomic mass is 10.1. The Hall–Kier alpha value is -1.88. The van der Waals surface area contributed by atoms with Gasteiger partial charge in [0, 0.05) is 23.7 Å². The molecule has 20 heavy (non-hydrogen) atoms. The molecule has 2 rings (SSSR count). The van der Waals surface area contributed by atoms with E-state index in [1.54, 1.807) is 12.1 Å². The van der Waals surface area contributed by atoms with E-state index < -0.39 is 0 Å². The maximum atomic E-state index is 11.8. The topological polar surface area (TPSA) is 84.2 Å². The van der Waals surface area contributed by atoms with Crippen LogP contribution in [0.1, 0.15) is 26.2 Å². The highest BCUT2D eigenvalue weighted by Gasteiger charge is 2.29. The molecule has 0 aliphatic heterocycles. The summed E-state index contributed by atoms with van der Waals surface area (Å²) in [4.78, 5) is 23.5. The van der Waals surface area contributed by atoms with Gasteiger partial charge in [-0.3, -0.25) is 9.59 Å². The van der Waals surface area contributed by atoms with Crippen molar-refractivity contribution in [1.29, 1.82) is 0 Å². The predicted molar refractivity (Wildman–Crippen MR) is 79.3 cm³/mol. The molecule has 1 fully saturated rings. The number of rotatable bonds is 6. The minimum Gasteiger partial charge on any atom is -0.330 e. The molecule has 1 atom stereocenters. The number of nitrogens with one attached hydrogen (secondary N) is 2. The lowest BCUT2D eigenvalue weighted by Gasteiger charge is -2.10. The fraction of sp³-hybridized carbons (Fsp3) is 0.467. The van der Waals surface area contributed by atoms with Crippen LogP contribution in [0.2, 0.25) is 0 Å². The highest BCUT2D eigenvalue weighted by Crippen LogP contribution is 2.30. The third-order valence-corrected chi connectivity index (χ3v) is 3.30. The lowest BCUT2D eigenvalue weighted by molar-refractivity contribution is -0.117. The molecule has 1 saturated carbocycles. The molecule has 4 N–H and O–H groups in total. The van der Waals surface area contributed by atoms with Gasteiger partial charge in [-0.25, -0.2) is 0 Å².